The Morgan fingerprint density at radius 1 is 1.31 bits per heavy atom. The molecule has 2 heterocycles. The molecule has 0 bridgehead atoms. The van der Waals surface area contributed by atoms with E-state index >= 15 is 0 Å². The second-order valence-corrected chi connectivity index (χ2v) is 6.01. The monoisotopic (exact) mass is 355 g/mol. The number of amides is 2. The number of pyridine rings is 1. The molecular formula is C18H18FN5O2. The molecule has 1 atom stereocenters. The van der Waals surface area contributed by atoms with E-state index in [0.717, 1.165) is 5.56 Å². The molecule has 134 valence electrons. The van der Waals surface area contributed by atoms with Crippen molar-refractivity contribution < 1.29 is 14.0 Å². The fraction of sp³-hybridized carbons (Fsp3) is 0.222. The molecule has 8 heteroatoms. The predicted molar refractivity (Wildman–Crippen MR) is 94.6 cm³/mol. The van der Waals surface area contributed by atoms with Crippen molar-refractivity contribution in [2.45, 2.75) is 19.0 Å². The number of rotatable bonds is 5. The fourth-order valence-electron chi connectivity index (χ4n) is 2.75. The average molecular weight is 355 g/mol. The van der Waals surface area contributed by atoms with E-state index < -0.39 is 17.8 Å². The first-order valence-corrected chi connectivity index (χ1v) is 8.01. The summed E-state index contributed by atoms with van der Waals surface area (Å²) in [5.41, 5.74) is 7.05. The van der Waals surface area contributed by atoms with Crippen LogP contribution in [-0.4, -0.2) is 40.5 Å². The number of hydrazone groups is 1. The summed E-state index contributed by atoms with van der Waals surface area (Å²) in [6, 6.07) is 8.37. The van der Waals surface area contributed by atoms with Gasteiger partial charge in [0.1, 0.15) is 17.6 Å². The van der Waals surface area contributed by atoms with Crippen LogP contribution in [-0.2, 0) is 16.1 Å². The van der Waals surface area contributed by atoms with Crippen LogP contribution in [0.1, 0.15) is 12.0 Å². The Labute approximate surface area is 149 Å². The first-order valence-electron chi connectivity index (χ1n) is 8.01. The molecule has 0 saturated carbocycles. The van der Waals surface area contributed by atoms with Gasteiger partial charge >= 0.3 is 0 Å². The molecule has 1 aromatic heterocycles. The number of nitrogens with two attached hydrogens (primary N) is 1. The average Bonchev–Trinajstić information content (AvgIpc) is 3.08. The topological polar surface area (TPSA) is 91.9 Å². The lowest BCUT2D eigenvalue weighted by Gasteiger charge is -2.20. The smallest absolute Gasteiger partial charge is 0.270 e. The molecule has 0 aliphatic carbocycles. The largest absolute Gasteiger partial charge is 0.368 e. The minimum atomic E-state index is -0.786. The van der Waals surface area contributed by atoms with Gasteiger partial charge in [-0.15, -0.1) is 0 Å². The molecule has 1 unspecified atom stereocenters. The molecule has 0 fully saturated rings. The number of aromatic nitrogens is 1. The van der Waals surface area contributed by atoms with Crippen LogP contribution in [0.4, 0.5) is 10.1 Å². The Bertz CT molecular complexity index is 838. The molecule has 1 aliphatic rings. The molecule has 2 N–H and O–H groups in total. The highest BCUT2D eigenvalue weighted by Gasteiger charge is 2.35. The van der Waals surface area contributed by atoms with Crippen LogP contribution in [0.25, 0.3) is 0 Å². The van der Waals surface area contributed by atoms with E-state index in [0.29, 0.717) is 12.2 Å². The molecule has 0 saturated heterocycles. The normalized spacial score (nSPS) is 16.3. The van der Waals surface area contributed by atoms with Crippen LogP contribution in [0, 0.1) is 5.82 Å². The molecule has 7 nitrogen and oxygen atoms in total. The minimum Gasteiger partial charge on any atom is -0.368 e. The lowest BCUT2D eigenvalue weighted by molar-refractivity contribution is -0.123. The van der Waals surface area contributed by atoms with Crippen molar-refractivity contribution in [2.24, 2.45) is 10.8 Å². The van der Waals surface area contributed by atoms with E-state index in [-0.39, 0.29) is 18.0 Å². The third kappa shape index (κ3) is 3.69. The third-order valence-corrected chi connectivity index (χ3v) is 4.07. The highest BCUT2D eigenvalue weighted by atomic mass is 19.1. The van der Waals surface area contributed by atoms with Crippen LogP contribution in [0.5, 0.6) is 0 Å². The molecule has 1 aliphatic heterocycles. The van der Waals surface area contributed by atoms with E-state index in [1.54, 1.807) is 25.5 Å². The van der Waals surface area contributed by atoms with Gasteiger partial charge in [-0.1, -0.05) is 6.07 Å². The first-order chi connectivity index (χ1) is 12.5. The maximum atomic E-state index is 13.1. The van der Waals surface area contributed by atoms with Crippen molar-refractivity contribution in [2.75, 3.05) is 12.1 Å². The van der Waals surface area contributed by atoms with Gasteiger partial charge in [-0.05, 0) is 35.9 Å². The summed E-state index contributed by atoms with van der Waals surface area (Å²) in [5, 5.41) is 5.64. The Balaban J connectivity index is 1.80. The van der Waals surface area contributed by atoms with E-state index in [9.17, 15) is 14.0 Å². The number of hydrogen-bond donors (Lipinski definition) is 1. The number of benzene rings is 1. The zero-order valence-electron chi connectivity index (χ0n) is 14.2. The maximum absolute atomic E-state index is 13.1. The second-order valence-electron chi connectivity index (χ2n) is 6.01. The highest BCUT2D eigenvalue weighted by Crippen LogP contribution is 2.25. The number of carbonyl (C=O) groups excluding carboxylic acids is 2. The van der Waals surface area contributed by atoms with E-state index in [4.69, 9.17) is 5.73 Å². The Morgan fingerprint density at radius 3 is 2.65 bits per heavy atom. The number of halogens is 1. The summed E-state index contributed by atoms with van der Waals surface area (Å²) < 4.78 is 13.1. The number of primary amides is 1. The lowest BCUT2D eigenvalue weighted by atomic mass is 10.1. The molecule has 0 spiro atoms. The third-order valence-electron chi connectivity index (χ3n) is 4.07. The minimum absolute atomic E-state index is 0.100. The number of hydrogen-bond acceptors (Lipinski definition) is 5. The van der Waals surface area contributed by atoms with Crippen molar-refractivity contribution in [3.8, 4) is 0 Å². The Hall–Kier alpha value is -3.29. The van der Waals surface area contributed by atoms with Crippen LogP contribution in [0.15, 0.2) is 53.9 Å². The van der Waals surface area contributed by atoms with Crippen LogP contribution in [0.2, 0.25) is 0 Å². The van der Waals surface area contributed by atoms with Gasteiger partial charge in [0.2, 0.25) is 5.91 Å². The van der Waals surface area contributed by atoms with Crippen molar-refractivity contribution in [3.05, 3.63) is 60.2 Å². The van der Waals surface area contributed by atoms with Crippen molar-refractivity contribution >= 4 is 23.2 Å². The number of carbonyl (C=O) groups is 2. The summed E-state index contributed by atoms with van der Waals surface area (Å²) in [5.74, 6) is -1.31. The maximum Gasteiger partial charge on any atom is 0.270 e. The van der Waals surface area contributed by atoms with Crippen molar-refractivity contribution in [1.82, 2.24) is 9.88 Å². The predicted octanol–water partition coefficient (Wildman–Crippen LogP) is 1.30. The van der Waals surface area contributed by atoms with Crippen molar-refractivity contribution in [3.63, 3.8) is 0 Å². The molecule has 3 rings (SSSR count). The molecule has 2 aromatic rings. The van der Waals surface area contributed by atoms with Gasteiger partial charge in [0.05, 0.1) is 5.69 Å². The van der Waals surface area contributed by atoms with E-state index in [2.05, 4.69) is 10.1 Å². The van der Waals surface area contributed by atoms with Gasteiger partial charge in [0, 0.05) is 32.4 Å². The van der Waals surface area contributed by atoms with Gasteiger partial charge < -0.3 is 10.6 Å². The van der Waals surface area contributed by atoms with Crippen LogP contribution >= 0.6 is 0 Å². The van der Waals surface area contributed by atoms with Crippen molar-refractivity contribution in [1.29, 1.82) is 0 Å². The summed E-state index contributed by atoms with van der Waals surface area (Å²) in [6.07, 6.45) is 3.44. The lowest BCUT2D eigenvalue weighted by Crippen LogP contribution is -2.40. The van der Waals surface area contributed by atoms with Gasteiger partial charge in [-0.3, -0.25) is 19.6 Å². The SMILES string of the molecule is CN(Cc1cccnc1)C(=O)C1=NN(c2ccc(F)cc2)C(C(N)=O)C1. The Kier molecular flexibility index (Phi) is 4.92. The summed E-state index contributed by atoms with van der Waals surface area (Å²) in [7, 11) is 1.65. The van der Waals surface area contributed by atoms with Gasteiger partial charge in [0.25, 0.3) is 5.91 Å². The molecule has 0 radical (unpaired) electrons. The van der Waals surface area contributed by atoms with E-state index in [1.165, 1.54) is 34.2 Å². The summed E-state index contributed by atoms with van der Waals surface area (Å²) >= 11 is 0. The highest BCUT2D eigenvalue weighted by molar-refractivity contribution is 6.40. The van der Waals surface area contributed by atoms with Gasteiger partial charge in [0.15, 0.2) is 0 Å². The number of anilines is 1. The van der Waals surface area contributed by atoms with Gasteiger partial charge in [-0.2, -0.15) is 5.10 Å². The van der Waals surface area contributed by atoms with Crippen LogP contribution < -0.4 is 10.7 Å². The van der Waals surface area contributed by atoms with Gasteiger partial charge in [-0.25, -0.2) is 4.39 Å². The zero-order chi connectivity index (χ0) is 18.7. The first kappa shape index (κ1) is 17.5. The molecule has 26 heavy (non-hydrogen) atoms. The fourth-order valence-corrected chi connectivity index (χ4v) is 2.75. The van der Waals surface area contributed by atoms with Crippen LogP contribution in [0.3, 0.4) is 0 Å². The molecule has 1 aromatic carbocycles. The van der Waals surface area contributed by atoms with E-state index in [1.807, 2.05) is 6.07 Å². The number of nitrogens with zero attached hydrogens (tertiary/aromatic N) is 4. The summed E-state index contributed by atoms with van der Waals surface area (Å²) in [6.45, 7) is 0.365. The Morgan fingerprint density at radius 2 is 2.04 bits per heavy atom. The summed E-state index contributed by atoms with van der Waals surface area (Å²) in [4.78, 5) is 30.0. The zero-order valence-corrected chi connectivity index (χ0v) is 14.2. The standard InChI is InChI=1S/C18H18FN5O2/c1-23(11-12-3-2-8-21-10-12)18(26)15-9-16(17(20)25)24(22-15)14-6-4-13(19)5-7-14/h2-8,10,16H,9,11H2,1H3,(H2,20,25). The molecular weight excluding hydrogens is 337 g/mol. The molecule has 2 amide bonds. The quantitative estimate of drug-likeness (QED) is 0.875. The second kappa shape index (κ2) is 7.30.